The second-order valence-corrected chi connectivity index (χ2v) is 2.68. The van der Waals surface area contributed by atoms with Gasteiger partial charge in [0.1, 0.15) is 0 Å². The van der Waals surface area contributed by atoms with Gasteiger partial charge < -0.3 is 4.98 Å². The lowest BCUT2D eigenvalue weighted by Gasteiger charge is -2.09. The lowest BCUT2D eigenvalue weighted by atomic mass is 10.1. The molecule has 12 heavy (non-hydrogen) atoms. The molecular formula is C8H9N3O. The number of aromatic amines is 1. The molecule has 1 aliphatic heterocycles. The number of nitrogens with zero attached hydrogens (tertiary/aromatic N) is 1. The second-order valence-electron chi connectivity index (χ2n) is 2.68. The van der Waals surface area contributed by atoms with E-state index >= 15 is 0 Å². The first-order valence-corrected chi connectivity index (χ1v) is 3.85. The molecular weight excluding hydrogens is 154 g/mol. The molecule has 0 aliphatic carbocycles. The van der Waals surface area contributed by atoms with Gasteiger partial charge in [-0.25, -0.2) is 5.43 Å². The molecule has 1 aromatic heterocycles. The van der Waals surface area contributed by atoms with Crippen LogP contribution >= 0.6 is 0 Å². The van der Waals surface area contributed by atoms with E-state index in [-0.39, 0.29) is 5.91 Å². The standard InChI is InChI=1S/C8H9N3O/c12-8-4-3-7(10-11-8)6-2-1-5-9-6/h1-2,5,9H,3-4H2,(H,11,12). The Kier molecular flexibility index (Phi) is 1.66. The minimum Gasteiger partial charge on any atom is -0.360 e. The van der Waals surface area contributed by atoms with Crippen molar-refractivity contribution in [3.05, 3.63) is 24.0 Å². The van der Waals surface area contributed by atoms with Gasteiger partial charge in [0, 0.05) is 19.0 Å². The van der Waals surface area contributed by atoms with Crippen molar-refractivity contribution in [3.63, 3.8) is 0 Å². The number of aromatic nitrogens is 1. The van der Waals surface area contributed by atoms with Crippen LogP contribution in [0.3, 0.4) is 0 Å². The van der Waals surface area contributed by atoms with E-state index in [1.807, 2.05) is 18.3 Å². The van der Waals surface area contributed by atoms with Crippen LogP contribution in [0.25, 0.3) is 0 Å². The summed E-state index contributed by atoms with van der Waals surface area (Å²) in [5.74, 6) is -0.00898. The maximum atomic E-state index is 10.7. The zero-order valence-corrected chi connectivity index (χ0v) is 6.50. The van der Waals surface area contributed by atoms with Gasteiger partial charge >= 0.3 is 0 Å². The van der Waals surface area contributed by atoms with Crippen LogP contribution in [0.1, 0.15) is 18.5 Å². The van der Waals surface area contributed by atoms with E-state index in [4.69, 9.17) is 0 Å². The largest absolute Gasteiger partial charge is 0.360 e. The van der Waals surface area contributed by atoms with Gasteiger partial charge in [0.25, 0.3) is 0 Å². The van der Waals surface area contributed by atoms with E-state index in [2.05, 4.69) is 15.5 Å². The summed E-state index contributed by atoms with van der Waals surface area (Å²) in [6.45, 7) is 0. The fourth-order valence-electron chi connectivity index (χ4n) is 1.18. The smallest absolute Gasteiger partial charge is 0.240 e. The third-order valence-electron chi connectivity index (χ3n) is 1.81. The molecule has 4 heteroatoms. The number of hydrazone groups is 1. The van der Waals surface area contributed by atoms with Crippen LogP contribution in [-0.4, -0.2) is 16.6 Å². The summed E-state index contributed by atoms with van der Waals surface area (Å²) in [4.78, 5) is 13.8. The van der Waals surface area contributed by atoms with Gasteiger partial charge in [0.05, 0.1) is 11.4 Å². The third-order valence-corrected chi connectivity index (χ3v) is 1.81. The van der Waals surface area contributed by atoms with Gasteiger partial charge in [-0.1, -0.05) is 0 Å². The summed E-state index contributed by atoms with van der Waals surface area (Å²) < 4.78 is 0. The van der Waals surface area contributed by atoms with Gasteiger partial charge in [-0.2, -0.15) is 5.10 Å². The Hall–Kier alpha value is -1.58. The van der Waals surface area contributed by atoms with Gasteiger partial charge in [0.2, 0.25) is 5.91 Å². The minimum absolute atomic E-state index is 0.00898. The molecule has 1 aromatic rings. The molecule has 2 rings (SSSR count). The van der Waals surface area contributed by atoms with Crippen molar-refractivity contribution in [1.82, 2.24) is 10.4 Å². The Bertz CT molecular complexity index is 313. The highest BCUT2D eigenvalue weighted by atomic mass is 16.2. The zero-order chi connectivity index (χ0) is 8.39. The predicted molar refractivity (Wildman–Crippen MR) is 44.7 cm³/mol. The van der Waals surface area contributed by atoms with E-state index in [0.29, 0.717) is 12.8 Å². The first kappa shape index (κ1) is 7.09. The maximum Gasteiger partial charge on any atom is 0.240 e. The Labute approximate surface area is 69.7 Å². The SMILES string of the molecule is O=C1CCC(c2ccc[nH]2)=NN1. The Morgan fingerprint density at radius 3 is 2.92 bits per heavy atom. The van der Waals surface area contributed by atoms with Crippen molar-refractivity contribution in [1.29, 1.82) is 0 Å². The summed E-state index contributed by atoms with van der Waals surface area (Å²) in [6, 6.07) is 3.85. The highest BCUT2D eigenvalue weighted by molar-refractivity contribution is 6.02. The van der Waals surface area contributed by atoms with Crippen LogP contribution in [0, 0.1) is 0 Å². The molecule has 1 amide bonds. The molecule has 0 radical (unpaired) electrons. The molecule has 0 unspecified atom stereocenters. The molecule has 0 spiro atoms. The maximum absolute atomic E-state index is 10.7. The fraction of sp³-hybridized carbons (Fsp3) is 0.250. The average molecular weight is 163 g/mol. The van der Waals surface area contributed by atoms with Crippen LogP contribution in [0.5, 0.6) is 0 Å². The van der Waals surface area contributed by atoms with E-state index < -0.39 is 0 Å². The minimum atomic E-state index is -0.00898. The zero-order valence-electron chi connectivity index (χ0n) is 6.50. The third kappa shape index (κ3) is 1.23. The van der Waals surface area contributed by atoms with Crippen molar-refractivity contribution in [3.8, 4) is 0 Å². The van der Waals surface area contributed by atoms with Crippen LogP contribution in [0.15, 0.2) is 23.4 Å². The molecule has 0 bridgehead atoms. The number of nitrogens with one attached hydrogen (secondary N) is 2. The van der Waals surface area contributed by atoms with E-state index in [9.17, 15) is 4.79 Å². The topological polar surface area (TPSA) is 57.2 Å². The van der Waals surface area contributed by atoms with Gasteiger partial charge in [-0.05, 0) is 12.1 Å². The number of rotatable bonds is 1. The number of carbonyl (C=O) groups excluding carboxylic acids is 1. The first-order chi connectivity index (χ1) is 5.86. The highest BCUT2D eigenvalue weighted by Gasteiger charge is 2.12. The van der Waals surface area contributed by atoms with Gasteiger partial charge in [-0.3, -0.25) is 4.79 Å². The summed E-state index contributed by atoms with van der Waals surface area (Å²) in [5.41, 5.74) is 4.35. The summed E-state index contributed by atoms with van der Waals surface area (Å²) in [5, 5.41) is 3.94. The molecule has 0 saturated heterocycles. The molecule has 0 aromatic carbocycles. The lowest BCUT2D eigenvalue weighted by molar-refractivity contribution is -0.121. The van der Waals surface area contributed by atoms with Crippen LogP contribution in [0.4, 0.5) is 0 Å². The molecule has 62 valence electrons. The number of hydrogen-bond donors (Lipinski definition) is 2. The number of H-pyrrole nitrogens is 1. The molecule has 1 aliphatic rings. The van der Waals surface area contributed by atoms with E-state index in [1.54, 1.807) is 0 Å². The van der Waals surface area contributed by atoms with Crippen molar-refractivity contribution in [2.45, 2.75) is 12.8 Å². The molecule has 0 atom stereocenters. The Morgan fingerprint density at radius 2 is 2.33 bits per heavy atom. The van der Waals surface area contributed by atoms with Gasteiger partial charge in [0.15, 0.2) is 0 Å². The first-order valence-electron chi connectivity index (χ1n) is 3.85. The molecule has 4 nitrogen and oxygen atoms in total. The number of carbonyl (C=O) groups is 1. The molecule has 0 saturated carbocycles. The van der Waals surface area contributed by atoms with Crippen molar-refractivity contribution < 1.29 is 4.79 Å². The summed E-state index contributed by atoms with van der Waals surface area (Å²) in [6.07, 6.45) is 3.08. The number of amides is 1. The molecule has 2 N–H and O–H groups in total. The molecule has 0 fully saturated rings. The lowest BCUT2D eigenvalue weighted by Crippen LogP contribution is -2.25. The monoisotopic (exact) mass is 163 g/mol. The van der Waals surface area contributed by atoms with Crippen molar-refractivity contribution >= 4 is 11.6 Å². The van der Waals surface area contributed by atoms with Gasteiger partial charge in [-0.15, -0.1) is 0 Å². The quantitative estimate of drug-likeness (QED) is 0.626. The highest BCUT2D eigenvalue weighted by Crippen LogP contribution is 2.06. The van der Waals surface area contributed by atoms with E-state index in [1.165, 1.54) is 0 Å². The molecule has 2 heterocycles. The summed E-state index contributed by atoms with van der Waals surface area (Å²) in [7, 11) is 0. The Balaban J connectivity index is 2.21. The predicted octanol–water partition coefficient (Wildman–Crippen LogP) is 0.629. The number of hydrogen-bond acceptors (Lipinski definition) is 2. The Morgan fingerprint density at radius 1 is 1.42 bits per heavy atom. The fourth-order valence-corrected chi connectivity index (χ4v) is 1.18. The van der Waals surface area contributed by atoms with Crippen molar-refractivity contribution in [2.75, 3.05) is 0 Å². The van der Waals surface area contributed by atoms with Crippen LogP contribution in [-0.2, 0) is 4.79 Å². The normalized spacial score (nSPS) is 17.0. The average Bonchev–Trinajstić information content (AvgIpc) is 2.58. The van der Waals surface area contributed by atoms with Crippen molar-refractivity contribution in [2.24, 2.45) is 5.10 Å². The van der Waals surface area contributed by atoms with Crippen LogP contribution < -0.4 is 5.43 Å². The summed E-state index contributed by atoms with van der Waals surface area (Å²) >= 11 is 0. The van der Waals surface area contributed by atoms with Crippen LogP contribution in [0.2, 0.25) is 0 Å². The van der Waals surface area contributed by atoms with E-state index in [0.717, 1.165) is 11.4 Å². The second kappa shape index (κ2) is 2.81.